The Kier molecular flexibility index (Phi) is 23.1. The zero-order valence-corrected chi connectivity index (χ0v) is 20.0. The van der Waals surface area contributed by atoms with Crippen molar-refractivity contribution in [3.05, 3.63) is 0 Å². The molecule has 2 heteroatoms. The molecule has 0 radical (unpaired) electrons. The summed E-state index contributed by atoms with van der Waals surface area (Å²) in [5.74, 6) is 0. The SMILES string of the molecule is CCCCCCCCCCCCCCCCC(O)CN(CCCC)CCCC. The molecule has 0 aliphatic heterocycles. The predicted octanol–water partition coefficient (Wildman–Crippen LogP) is 8.12. The lowest BCUT2D eigenvalue weighted by molar-refractivity contribution is 0.101. The average Bonchev–Trinajstić information content (AvgIpc) is 2.70. The van der Waals surface area contributed by atoms with Gasteiger partial charge in [0.25, 0.3) is 0 Å². The van der Waals surface area contributed by atoms with E-state index in [0.29, 0.717) is 0 Å². The Hall–Kier alpha value is -0.0800. The first kappa shape index (κ1) is 27.9. The largest absolute Gasteiger partial charge is 0.392 e. The third-order valence-electron chi connectivity index (χ3n) is 6.02. The number of aliphatic hydroxyl groups is 1. The van der Waals surface area contributed by atoms with Gasteiger partial charge in [-0.3, -0.25) is 0 Å². The lowest BCUT2D eigenvalue weighted by atomic mass is 10.0. The molecule has 0 saturated heterocycles. The van der Waals surface area contributed by atoms with Crippen LogP contribution in [-0.4, -0.2) is 35.7 Å². The number of hydrogen-bond acceptors (Lipinski definition) is 2. The van der Waals surface area contributed by atoms with Gasteiger partial charge in [0.05, 0.1) is 6.10 Å². The summed E-state index contributed by atoms with van der Waals surface area (Å²) in [5, 5.41) is 10.4. The van der Waals surface area contributed by atoms with Gasteiger partial charge < -0.3 is 10.0 Å². The van der Waals surface area contributed by atoms with Crippen molar-refractivity contribution in [3.63, 3.8) is 0 Å². The van der Waals surface area contributed by atoms with Crippen LogP contribution in [0.25, 0.3) is 0 Å². The van der Waals surface area contributed by atoms with Crippen LogP contribution in [0.1, 0.15) is 143 Å². The van der Waals surface area contributed by atoms with Gasteiger partial charge in [0.15, 0.2) is 0 Å². The van der Waals surface area contributed by atoms with Crippen LogP contribution in [0.2, 0.25) is 0 Å². The lowest BCUT2D eigenvalue weighted by Crippen LogP contribution is -2.34. The molecule has 0 aromatic rings. The zero-order valence-electron chi connectivity index (χ0n) is 20.0. The van der Waals surface area contributed by atoms with Crippen molar-refractivity contribution in [2.45, 2.75) is 149 Å². The summed E-state index contributed by atoms with van der Waals surface area (Å²) in [4.78, 5) is 2.49. The van der Waals surface area contributed by atoms with E-state index in [1.807, 2.05) is 0 Å². The van der Waals surface area contributed by atoms with Crippen LogP contribution in [0.3, 0.4) is 0 Å². The summed E-state index contributed by atoms with van der Waals surface area (Å²) in [7, 11) is 0. The Morgan fingerprint density at radius 3 is 1.25 bits per heavy atom. The van der Waals surface area contributed by atoms with Gasteiger partial charge in [0.2, 0.25) is 0 Å². The van der Waals surface area contributed by atoms with Crippen molar-refractivity contribution >= 4 is 0 Å². The lowest BCUT2D eigenvalue weighted by Gasteiger charge is -2.24. The minimum absolute atomic E-state index is 0.119. The molecular formula is C26H55NO. The highest BCUT2D eigenvalue weighted by Crippen LogP contribution is 2.14. The van der Waals surface area contributed by atoms with E-state index in [1.165, 1.54) is 116 Å². The summed E-state index contributed by atoms with van der Waals surface area (Å²) in [6, 6.07) is 0. The smallest absolute Gasteiger partial charge is 0.0667 e. The van der Waals surface area contributed by atoms with Crippen LogP contribution < -0.4 is 0 Å². The number of rotatable bonds is 23. The number of unbranched alkanes of at least 4 members (excludes halogenated alkanes) is 15. The molecule has 2 nitrogen and oxygen atoms in total. The summed E-state index contributed by atoms with van der Waals surface area (Å²) < 4.78 is 0. The highest BCUT2D eigenvalue weighted by atomic mass is 16.3. The van der Waals surface area contributed by atoms with Crippen molar-refractivity contribution < 1.29 is 5.11 Å². The maximum atomic E-state index is 10.4. The molecule has 0 heterocycles. The maximum Gasteiger partial charge on any atom is 0.0667 e. The second kappa shape index (κ2) is 23.2. The number of aliphatic hydroxyl groups excluding tert-OH is 1. The van der Waals surface area contributed by atoms with E-state index in [2.05, 4.69) is 25.7 Å². The average molecular weight is 398 g/mol. The summed E-state index contributed by atoms with van der Waals surface area (Å²) >= 11 is 0. The Balaban J connectivity index is 3.41. The van der Waals surface area contributed by atoms with Crippen molar-refractivity contribution in [2.24, 2.45) is 0 Å². The van der Waals surface area contributed by atoms with Crippen molar-refractivity contribution in [3.8, 4) is 0 Å². The fraction of sp³-hybridized carbons (Fsp3) is 1.00. The molecule has 0 aliphatic carbocycles. The highest BCUT2D eigenvalue weighted by Gasteiger charge is 2.10. The Morgan fingerprint density at radius 1 is 0.500 bits per heavy atom. The van der Waals surface area contributed by atoms with Gasteiger partial charge in [-0.05, 0) is 32.4 Å². The Morgan fingerprint density at radius 2 is 0.857 bits per heavy atom. The molecule has 0 amide bonds. The van der Waals surface area contributed by atoms with Gasteiger partial charge in [-0.15, -0.1) is 0 Å². The Bertz CT molecular complexity index is 274. The van der Waals surface area contributed by atoms with E-state index in [1.54, 1.807) is 0 Å². The van der Waals surface area contributed by atoms with Crippen LogP contribution >= 0.6 is 0 Å². The summed E-state index contributed by atoms with van der Waals surface area (Å²) in [6.07, 6.45) is 25.5. The van der Waals surface area contributed by atoms with E-state index < -0.39 is 0 Å². The molecule has 1 unspecified atom stereocenters. The van der Waals surface area contributed by atoms with E-state index in [9.17, 15) is 5.11 Å². The minimum Gasteiger partial charge on any atom is -0.392 e. The number of nitrogens with zero attached hydrogens (tertiary/aromatic N) is 1. The normalized spacial score (nSPS) is 12.8. The van der Waals surface area contributed by atoms with Gasteiger partial charge in [-0.25, -0.2) is 0 Å². The topological polar surface area (TPSA) is 23.5 Å². The van der Waals surface area contributed by atoms with Crippen LogP contribution in [0.4, 0.5) is 0 Å². The first-order valence-corrected chi connectivity index (χ1v) is 13.1. The third-order valence-corrected chi connectivity index (χ3v) is 6.02. The quantitative estimate of drug-likeness (QED) is 0.176. The van der Waals surface area contributed by atoms with Crippen molar-refractivity contribution in [1.29, 1.82) is 0 Å². The fourth-order valence-corrected chi connectivity index (χ4v) is 4.02. The van der Waals surface area contributed by atoms with Crippen LogP contribution in [0, 0.1) is 0 Å². The molecule has 0 bridgehead atoms. The minimum atomic E-state index is -0.119. The second-order valence-corrected chi connectivity index (χ2v) is 9.05. The van der Waals surface area contributed by atoms with Crippen LogP contribution in [0.5, 0.6) is 0 Å². The molecule has 0 aromatic carbocycles. The van der Waals surface area contributed by atoms with Crippen molar-refractivity contribution in [2.75, 3.05) is 19.6 Å². The number of hydrogen-bond donors (Lipinski definition) is 1. The maximum absolute atomic E-state index is 10.4. The van der Waals surface area contributed by atoms with Gasteiger partial charge in [0.1, 0.15) is 0 Å². The molecule has 0 rings (SSSR count). The molecule has 0 aromatic heterocycles. The van der Waals surface area contributed by atoms with E-state index >= 15 is 0 Å². The zero-order chi connectivity index (χ0) is 20.7. The van der Waals surface area contributed by atoms with Crippen LogP contribution in [0.15, 0.2) is 0 Å². The molecule has 1 N–H and O–H groups in total. The second-order valence-electron chi connectivity index (χ2n) is 9.05. The molecule has 28 heavy (non-hydrogen) atoms. The van der Waals surface area contributed by atoms with Gasteiger partial charge in [-0.1, -0.05) is 124 Å². The monoisotopic (exact) mass is 397 g/mol. The summed E-state index contributed by atoms with van der Waals surface area (Å²) in [5.41, 5.74) is 0. The first-order chi connectivity index (χ1) is 13.7. The Labute approximate surface area is 178 Å². The molecular weight excluding hydrogens is 342 g/mol. The van der Waals surface area contributed by atoms with E-state index in [-0.39, 0.29) is 6.10 Å². The van der Waals surface area contributed by atoms with Gasteiger partial charge in [0, 0.05) is 6.54 Å². The van der Waals surface area contributed by atoms with Crippen LogP contribution in [-0.2, 0) is 0 Å². The molecule has 0 saturated carbocycles. The highest BCUT2D eigenvalue weighted by molar-refractivity contribution is 4.65. The standard InChI is InChI=1S/C26H55NO/c1-4-7-10-11-12-13-14-15-16-17-18-19-20-21-22-26(28)25-27(23-8-5-2)24-9-6-3/h26,28H,4-25H2,1-3H3. The first-order valence-electron chi connectivity index (χ1n) is 13.1. The van der Waals surface area contributed by atoms with E-state index in [4.69, 9.17) is 0 Å². The molecule has 0 fully saturated rings. The van der Waals surface area contributed by atoms with Gasteiger partial charge >= 0.3 is 0 Å². The molecule has 0 spiro atoms. The third kappa shape index (κ3) is 20.6. The predicted molar refractivity (Wildman–Crippen MR) is 127 cm³/mol. The summed E-state index contributed by atoms with van der Waals surface area (Å²) in [6.45, 7) is 10.0. The van der Waals surface area contributed by atoms with E-state index in [0.717, 1.165) is 26.1 Å². The van der Waals surface area contributed by atoms with Gasteiger partial charge in [-0.2, -0.15) is 0 Å². The van der Waals surface area contributed by atoms with Crippen molar-refractivity contribution in [1.82, 2.24) is 4.90 Å². The molecule has 0 aliphatic rings. The fourth-order valence-electron chi connectivity index (χ4n) is 4.02. The molecule has 1 atom stereocenters. The molecule has 170 valence electrons.